The summed E-state index contributed by atoms with van der Waals surface area (Å²) in [5.41, 5.74) is 1.03. The quantitative estimate of drug-likeness (QED) is 0.835. The van der Waals surface area contributed by atoms with Crippen LogP contribution in [-0.4, -0.2) is 11.9 Å². The van der Waals surface area contributed by atoms with E-state index in [2.05, 4.69) is 5.32 Å². The van der Waals surface area contributed by atoms with Crippen LogP contribution in [0.1, 0.15) is 26.3 Å². The highest BCUT2D eigenvalue weighted by Gasteiger charge is 2.10. The second kappa shape index (κ2) is 5.64. The monoisotopic (exact) mass is 223 g/mol. The summed E-state index contributed by atoms with van der Waals surface area (Å²) in [4.78, 5) is 11.4. The van der Waals surface area contributed by atoms with Crippen molar-refractivity contribution < 1.29 is 9.18 Å². The fourth-order valence-electron chi connectivity index (χ4n) is 1.43. The summed E-state index contributed by atoms with van der Waals surface area (Å²) in [5, 5.41) is 2.91. The van der Waals surface area contributed by atoms with Gasteiger partial charge in [-0.05, 0) is 31.0 Å². The van der Waals surface area contributed by atoms with E-state index in [1.807, 2.05) is 20.8 Å². The molecule has 1 atom stereocenters. The lowest BCUT2D eigenvalue weighted by Gasteiger charge is -2.15. The predicted octanol–water partition coefficient (Wildman–Crippen LogP) is 2.53. The number of rotatable bonds is 4. The van der Waals surface area contributed by atoms with E-state index in [0.29, 0.717) is 0 Å². The first kappa shape index (κ1) is 12.7. The van der Waals surface area contributed by atoms with E-state index in [9.17, 15) is 9.18 Å². The third-order valence-corrected chi connectivity index (χ3v) is 2.37. The van der Waals surface area contributed by atoms with Crippen molar-refractivity contribution in [2.45, 2.75) is 33.2 Å². The molecule has 0 aliphatic rings. The standard InChI is InChI=1S/C13H18FNO/c1-9(2)13(16)15-10(3)8-11-4-6-12(14)7-5-11/h4-7,9-10H,8H2,1-3H3,(H,15,16). The van der Waals surface area contributed by atoms with Crippen molar-refractivity contribution >= 4 is 5.91 Å². The first-order valence-corrected chi connectivity index (χ1v) is 5.54. The first-order valence-electron chi connectivity index (χ1n) is 5.54. The lowest BCUT2D eigenvalue weighted by atomic mass is 10.1. The molecule has 3 heteroatoms. The van der Waals surface area contributed by atoms with E-state index in [0.717, 1.165) is 12.0 Å². The van der Waals surface area contributed by atoms with Crippen LogP contribution in [0.2, 0.25) is 0 Å². The fraction of sp³-hybridized carbons (Fsp3) is 0.462. The van der Waals surface area contributed by atoms with Crippen LogP contribution in [0.15, 0.2) is 24.3 Å². The largest absolute Gasteiger partial charge is 0.353 e. The van der Waals surface area contributed by atoms with Gasteiger partial charge >= 0.3 is 0 Å². The van der Waals surface area contributed by atoms with Crippen LogP contribution < -0.4 is 5.32 Å². The Morgan fingerprint density at radius 2 is 1.81 bits per heavy atom. The van der Waals surface area contributed by atoms with Crippen LogP contribution in [0.25, 0.3) is 0 Å². The number of nitrogens with one attached hydrogen (secondary N) is 1. The third kappa shape index (κ3) is 4.01. The molecule has 0 bridgehead atoms. The van der Waals surface area contributed by atoms with E-state index >= 15 is 0 Å². The van der Waals surface area contributed by atoms with Crippen LogP contribution in [0, 0.1) is 11.7 Å². The molecule has 0 fully saturated rings. The Bertz CT molecular complexity index is 345. The maximum Gasteiger partial charge on any atom is 0.222 e. The van der Waals surface area contributed by atoms with Gasteiger partial charge in [0.05, 0.1) is 0 Å². The topological polar surface area (TPSA) is 29.1 Å². The van der Waals surface area contributed by atoms with Crippen molar-refractivity contribution in [1.29, 1.82) is 0 Å². The number of hydrogen-bond acceptors (Lipinski definition) is 1. The Kier molecular flexibility index (Phi) is 4.47. The molecule has 1 N–H and O–H groups in total. The fourth-order valence-corrected chi connectivity index (χ4v) is 1.43. The van der Waals surface area contributed by atoms with Gasteiger partial charge in [0.15, 0.2) is 0 Å². The highest BCUT2D eigenvalue weighted by atomic mass is 19.1. The Hall–Kier alpha value is -1.38. The van der Waals surface area contributed by atoms with Gasteiger partial charge in [0.25, 0.3) is 0 Å². The maximum absolute atomic E-state index is 12.7. The highest BCUT2D eigenvalue weighted by molar-refractivity contribution is 5.78. The molecule has 0 saturated carbocycles. The van der Waals surface area contributed by atoms with E-state index in [4.69, 9.17) is 0 Å². The third-order valence-electron chi connectivity index (χ3n) is 2.37. The van der Waals surface area contributed by atoms with Gasteiger partial charge in [-0.25, -0.2) is 4.39 Å². The first-order chi connectivity index (χ1) is 7.49. The SMILES string of the molecule is CC(Cc1ccc(F)cc1)NC(=O)C(C)C. The average Bonchev–Trinajstić information content (AvgIpc) is 2.21. The van der Waals surface area contributed by atoms with Gasteiger partial charge < -0.3 is 5.32 Å². The Labute approximate surface area is 95.9 Å². The number of halogens is 1. The van der Waals surface area contributed by atoms with Crippen molar-refractivity contribution in [2.24, 2.45) is 5.92 Å². The number of benzene rings is 1. The maximum atomic E-state index is 12.7. The summed E-state index contributed by atoms with van der Waals surface area (Å²) < 4.78 is 12.7. The van der Waals surface area contributed by atoms with Gasteiger partial charge in [0, 0.05) is 12.0 Å². The molecular formula is C13H18FNO. The summed E-state index contributed by atoms with van der Waals surface area (Å²) in [6.07, 6.45) is 0.721. The molecule has 1 rings (SSSR count). The van der Waals surface area contributed by atoms with Gasteiger partial charge in [-0.2, -0.15) is 0 Å². The lowest BCUT2D eigenvalue weighted by molar-refractivity contribution is -0.124. The summed E-state index contributed by atoms with van der Waals surface area (Å²) in [6, 6.07) is 6.43. The molecule has 2 nitrogen and oxygen atoms in total. The summed E-state index contributed by atoms with van der Waals surface area (Å²) in [5.74, 6) is -0.187. The van der Waals surface area contributed by atoms with Gasteiger partial charge in [0.2, 0.25) is 5.91 Å². The minimum absolute atomic E-state index is 0.00401. The molecule has 1 aromatic carbocycles. The molecule has 0 aliphatic heterocycles. The highest BCUT2D eigenvalue weighted by Crippen LogP contribution is 2.06. The Balaban J connectivity index is 2.48. The van der Waals surface area contributed by atoms with Crippen molar-refractivity contribution in [2.75, 3.05) is 0 Å². The van der Waals surface area contributed by atoms with Gasteiger partial charge in [-0.3, -0.25) is 4.79 Å². The molecule has 0 heterocycles. The molecule has 0 saturated heterocycles. The number of carbonyl (C=O) groups excluding carboxylic acids is 1. The van der Waals surface area contributed by atoms with Gasteiger partial charge in [-0.1, -0.05) is 26.0 Å². The molecule has 1 aromatic rings. The van der Waals surface area contributed by atoms with E-state index < -0.39 is 0 Å². The summed E-state index contributed by atoms with van der Waals surface area (Å²) in [7, 11) is 0. The van der Waals surface area contributed by atoms with Crippen molar-refractivity contribution in [1.82, 2.24) is 5.32 Å². The minimum atomic E-state index is -0.234. The van der Waals surface area contributed by atoms with Crippen LogP contribution in [0.3, 0.4) is 0 Å². The average molecular weight is 223 g/mol. The number of hydrogen-bond donors (Lipinski definition) is 1. The molecule has 0 aromatic heterocycles. The summed E-state index contributed by atoms with van der Waals surface area (Å²) in [6.45, 7) is 5.67. The molecule has 0 spiro atoms. The molecular weight excluding hydrogens is 205 g/mol. The van der Waals surface area contributed by atoms with Gasteiger partial charge in [0.1, 0.15) is 5.82 Å². The lowest BCUT2D eigenvalue weighted by Crippen LogP contribution is -2.36. The van der Waals surface area contributed by atoms with Crippen LogP contribution in [-0.2, 0) is 11.2 Å². The predicted molar refractivity (Wildman–Crippen MR) is 62.5 cm³/mol. The van der Waals surface area contributed by atoms with Crippen LogP contribution >= 0.6 is 0 Å². The van der Waals surface area contributed by atoms with Crippen molar-refractivity contribution in [3.63, 3.8) is 0 Å². The molecule has 0 aliphatic carbocycles. The Morgan fingerprint density at radius 1 is 1.25 bits per heavy atom. The zero-order valence-electron chi connectivity index (χ0n) is 9.96. The van der Waals surface area contributed by atoms with E-state index in [1.165, 1.54) is 12.1 Å². The smallest absolute Gasteiger partial charge is 0.222 e. The second-order valence-electron chi connectivity index (χ2n) is 4.39. The second-order valence-corrected chi connectivity index (χ2v) is 4.39. The van der Waals surface area contributed by atoms with E-state index in [-0.39, 0.29) is 23.7 Å². The van der Waals surface area contributed by atoms with Crippen LogP contribution in [0.5, 0.6) is 0 Å². The zero-order valence-corrected chi connectivity index (χ0v) is 9.96. The van der Waals surface area contributed by atoms with Crippen molar-refractivity contribution in [3.8, 4) is 0 Å². The molecule has 0 radical (unpaired) electrons. The zero-order chi connectivity index (χ0) is 12.1. The van der Waals surface area contributed by atoms with Gasteiger partial charge in [-0.15, -0.1) is 0 Å². The normalized spacial score (nSPS) is 12.6. The minimum Gasteiger partial charge on any atom is -0.353 e. The number of carbonyl (C=O) groups is 1. The Morgan fingerprint density at radius 3 is 2.31 bits per heavy atom. The molecule has 88 valence electrons. The number of amides is 1. The van der Waals surface area contributed by atoms with Crippen molar-refractivity contribution in [3.05, 3.63) is 35.6 Å². The molecule has 1 unspecified atom stereocenters. The van der Waals surface area contributed by atoms with Crippen LogP contribution in [0.4, 0.5) is 4.39 Å². The molecule has 16 heavy (non-hydrogen) atoms. The van der Waals surface area contributed by atoms with E-state index in [1.54, 1.807) is 12.1 Å². The summed E-state index contributed by atoms with van der Waals surface area (Å²) >= 11 is 0. The molecule has 1 amide bonds.